The molecule has 0 radical (unpaired) electrons. The molecule has 1 atom stereocenters. The predicted octanol–water partition coefficient (Wildman–Crippen LogP) is 1.37. The van der Waals surface area contributed by atoms with E-state index in [0.717, 1.165) is 26.1 Å². The standard InChI is InChI=1S/C14H30N2O2/c1-2-18-14(12-15)8-9-16(10-11-17)13-6-4-3-5-7-13/h13-14,17H,2-12,15H2,1H3. The maximum Gasteiger partial charge on any atom is 0.0709 e. The maximum absolute atomic E-state index is 9.20. The van der Waals surface area contributed by atoms with Gasteiger partial charge in [0, 0.05) is 32.3 Å². The Morgan fingerprint density at radius 2 is 2.00 bits per heavy atom. The molecule has 0 aromatic carbocycles. The van der Waals surface area contributed by atoms with Crippen LogP contribution in [-0.4, -0.2) is 55.0 Å². The number of rotatable bonds is 9. The van der Waals surface area contributed by atoms with E-state index < -0.39 is 0 Å². The second-order valence-corrected chi connectivity index (χ2v) is 5.15. The summed E-state index contributed by atoms with van der Waals surface area (Å²) in [6.45, 7) is 5.35. The summed E-state index contributed by atoms with van der Waals surface area (Å²) in [5, 5.41) is 9.20. The number of aliphatic hydroxyl groups excluding tert-OH is 1. The zero-order valence-electron chi connectivity index (χ0n) is 11.8. The first-order chi connectivity index (χ1) is 8.81. The Hall–Kier alpha value is -0.160. The van der Waals surface area contributed by atoms with Crippen molar-refractivity contribution in [2.45, 2.75) is 57.6 Å². The first-order valence-corrected chi connectivity index (χ1v) is 7.48. The second kappa shape index (κ2) is 9.73. The van der Waals surface area contributed by atoms with Crippen molar-refractivity contribution in [3.05, 3.63) is 0 Å². The van der Waals surface area contributed by atoms with Gasteiger partial charge < -0.3 is 15.6 Å². The molecule has 18 heavy (non-hydrogen) atoms. The van der Waals surface area contributed by atoms with E-state index in [2.05, 4.69) is 4.90 Å². The summed E-state index contributed by atoms with van der Waals surface area (Å²) in [7, 11) is 0. The van der Waals surface area contributed by atoms with Crippen LogP contribution in [0.4, 0.5) is 0 Å². The minimum Gasteiger partial charge on any atom is -0.395 e. The lowest BCUT2D eigenvalue weighted by Crippen LogP contribution is -2.41. The van der Waals surface area contributed by atoms with E-state index >= 15 is 0 Å². The van der Waals surface area contributed by atoms with Crippen LogP contribution in [0.25, 0.3) is 0 Å². The molecule has 1 fully saturated rings. The van der Waals surface area contributed by atoms with Crippen LogP contribution in [0.2, 0.25) is 0 Å². The summed E-state index contributed by atoms with van der Waals surface area (Å²) >= 11 is 0. The van der Waals surface area contributed by atoms with Crippen molar-refractivity contribution in [1.82, 2.24) is 4.90 Å². The fourth-order valence-corrected chi connectivity index (χ4v) is 2.87. The van der Waals surface area contributed by atoms with Crippen LogP contribution >= 0.6 is 0 Å². The van der Waals surface area contributed by atoms with Crippen molar-refractivity contribution in [2.24, 2.45) is 5.73 Å². The number of hydrogen-bond donors (Lipinski definition) is 2. The van der Waals surface area contributed by atoms with Crippen LogP contribution in [0.1, 0.15) is 45.4 Å². The lowest BCUT2D eigenvalue weighted by molar-refractivity contribution is 0.0430. The summed E-state index contributed by atoms with van der Waals surface area (Å²) in [4.78, 5) is 2.43. The van der Waals surface area contributed by atoms with E-state index in [1.165, 1.54) is 32.1 Å². The van der Waals surface area contributed by atoms with E-state index in [4.69, 9.17) is 10.5 Å². The fourth-order valence-electron chi connectivity index (χ4n) is 2.87. The molecule has 1 unspecified atom stereocenters. The molecule has 0 aromatic heterocycles. The normalized spacial score (nSPS) is 19.3. The van der Waals surface area contributed by atoms with Crippen molar-refractivity contribution in [3.63, 3.8) is 0 Å². The third-order valence-electron chi connectivity index (χ3n) is 3.88. The van der Waals surface area contributed by atoms with Crippen molar-refractivity contribution in [1.29, 1.82) is 0 Å². The highest BCUT2D eigenvalue weighted by Gasteiger charge is 2.21. The van der Waals surface area contributed by atoms with Gasteiger partial charge in [0.05, 0.1) is 12.7 Å². The summed E-state index contributed by atoms with van der Waals surface area (Å²) in [5.41, 5.74) is 5.70. The molecular weight excluding hydrogens is 228 g/mol. The molecule has 0 aliphatic heterocycles. The Morgan fingerprint density at radius 1 is 1.28 bits per heavy atom. The van der Waals surface area contributed by atoms with Gasteiger partial charge in [-0.25, -0.2) is 0 Å². The van der Waals surface area contributed by atoms with E-state index in [1.807, 2.05) is 6.92 Å². The third kappa shape index (κ3) is 5.65. The Morgan fingerprint density at radius 3 is 2.56 bits per heavy atom. The minimum atomic E-state index is 0.166. The fraction of sp³-hybridized carbons (Fsp3) is 1.00. The molecular formula is C14H30N2O2. The van der Waals surface area contributed by atoms with Crippen LogP contribution in [0, 0.1) is 0 Å². The number of nitrogens with two attached hydrogens (primary N) is 1. The van der Waals surface area contributed by atoms with Crippen molar-refractivity contribution in [2.75, 3.05) is 32.8 Å². The van der Waals surface area contributed by atoms with Gasteiger partial charge in [-0.05, 0) is 26.2 Å². The summed E-state index contributed by atoms with van der Waals surface area (Å²) in [6, 6.07) is 0.658. The molecule has 4 heteroatoms. The van der Waals surface area contributed by atoms with Crippen LogP contribution in [-0.2, 0) is 4.74 Å². The van der Waals surface area contributed by atoms with E-state index in [9.17, 15) is 5.11 Å². The predicted molar refractivity (Wildman–Crippen MR) is 74.6 cm³/mol. The molecule has 3 N–H and O–H groups in total. The number of aliphatic hydroxyl groups is 1. The Balaban J connectivity index is 2.35. The van der Waals surface area contributed by atoms with E-state index in [0.29, 0.717) is 12.6 Å². The van der Waals surface area contributed by atoms with Crippen molar-refractivity contribution >= 4 is 0 Å². The first-order valence-electron chi connectivity index (χ1n) is 7.48. The highest BCUT2D eigenvalue weighted by atomic mass is 16.5. The van der Waals surface area contributed by atoms with Gasteiger partial charge in [0.2, 0.25) is 0 Å². The van der Waals surface area contributed by atoms with Gasteiger partial charge in [0.1, 0.15) is 0 Å². The average molecular weight is 258 g/mol. The van der Waals surface area contributed by atoms with E-state index in [-0.39, 0.29) is 12.7 Å². The minimum absolute atomic E-state index is 0.166. The molecule has 1 rings (SSSR count). The van der Waals surface area contributed by atoms with Crippen LogP contribution in [0.15, 0.2) is 0 Å². The largest absolute Gasteiger partial charge is 0.395 e. The average Bonchev–Trinajstić information content (AvgIpc) is 2.43. The molecule has 0 bridgehead atoms. The highest BCUT2D eigenvalue weighted by Crippen LogP contribution is 2.22. The molecule has 0 heterocycles. The van der Waals surface area contributed by atoms with Gasteiger partial charge in [-0.15, -0.1) is 0 Å². The molecule has 0 spiro atoms. The molecule has 0 aromatic rings. The zero-order valence-corrected chi connectivity index (χ0v) is 11.8. The monoisotopic (exact) mass is 258 g/mol. The molecule has 0 saturated heterocycles. The van der Waals surface area contributed by atoms with Gasteiger partial charge in [-0.1, -0.05) is 19.3 Å². The lowest BCUT2D eigenvalue weighted by atomic mass is 9.94. The first kappa shape index (κ1) is 15.9. The second-order valence-electron chi connectivity index (χ2n) is 5.15. The van der Waals surface area contributed by atoms with Crippen LogP contribution in [0.3, 0.4) is 0 Å². The molecule has 1 aliphatic carbocycles. The maximum atomic E-state index is 9.20. The van der Waals surface area contributed by atoms with E-state index in [1.54, 1.807) is 0 Å². The van der Waals surface area contributed by atoms with Crippen molar-refractivity contribution < 1.29 is 9.84 Å². The third-order valence-corrected chi connectivity index (χ3v) is 3.88. The van der Waals surface area contributed by atoms with Crippen LogP contribution < -0.4 is 5.73 Å². The van der Waals surface area contributed by atoms with Crippen molar-refractivity contribution in [3.8, 4) is 0 Å². The summed E-state index contributed by atoms with van der Waals surface area (Å²) < 4.78 is 5.59. The SMILES string of the molecule is CCOC(CN)CCN(CCO)C1CCCCC1. The van der Waals surface area contributed by atoms with Gasteiger partial charge in [-0.3, -0.25) is 4.90 Å². The number of hydrogen-bond acceptors (Lipinski definition) is 4. The zero-order chi connectivity index (χ0) is 13.2. The van der Waals surface area contributed by atoms with Gasteiger partial charge in [-0.2, -0.15) is 0 Å². The number of ether oxygens (including phenoxy) is 1. The quantitative estimate of drug-likeness (QED) is 0.656. The van der Waals surface area contributed by atoms with Gasteiger partial charge in [0.15, 0.2) is 0 Å². The Kier molecular flexibility index (Phi) is 8.59. The topological polar surface area (TPSA) is 58.7 Å². The van der Waals surface area contributed by atoms with Crippen LogP contribution in [0.5, 0.6) is 0 Å². The molecule has 4 nitrogen and oxygen atoms in total. The Labute approximate surface area is 111 Å². The molecule has 1 saturated carbocycles. The smallest absolute Gasteiger partial charge is 0.0709 e. The lowest BCUT2D eigenvalue weighted by Gasteiger charge is -2.34. The Bertz CT molecular complexity index is 196. The summed E-state index contributed by atoms with van der Waals surface area (Å²) in [6.07, 6.45) is 7.73. The molecule has 0 amide bonds. The highest BCUT2D eigenvalue weighted by molar-refractivity contribution is 4.77. The molecule has 108 valence electrons. The van der Waals surface area contributed by atoms with Gasteiger partial charge >= 0.3 is 0 Å². The summed E-state index contributed by atoms with van der Waals surface area (Å²) in [5.74, 6) is 0. The van der Waals surface area contributed by atoms with Gasteiger partial charge in [0.25, 0.3) is 0 Å². The number of nitrogens with zero attached hydrogens (tertiary/aromatic N) is 1. The molecule has 1 aliphatic rings.